The van der Waals surface area contributed by atoms with Gasteiger partial charge in [-0.05, 0) is 6.07 Å². The Hall–Kier alpha value is -2.20. The first-order valence-electron chi connectivity index (χ1n) is 5.67. The lowest BCUT2D eigenvalue weighted by Crippen LogP contribution is -2.35. The second-order valence-corrected chi connectivity index (χ2v) is 4.08. The van der Waals surface area contributed by atoms with Crippen LogP contribution in [0.15, 0.2) is 54.9 Å². The maximum absolute atomic E-state index is 11.6. The maximum atomic E-state index is 11.6. The van der Waals surface area contributed by atoms with E-state index in [0.29, 0.717) is 17.2 Å². The summed E-state index contributed by atoms with van der Waals surface area (Å²) in [6.45, 7) is 0.692. The van der Waals surface area contributed by atoms with Crippen LogP contribution in [0.3, 0.4) is 0 Å². The van der Waals surface area contributed by atoms with E-state index in [1.807, 2.05) is 41.1 Å². The van der Waals surface area contributed by atoms with Gasteiger partial charge in [-0.2, -0.15) is 4.57 Å². The van der Waals surface area contributed by atoms with Crippen molar-refractivity contribution in [2.75, 3.05) is 7.05 Å². The number of carbonyl (C=O) groups is 1. The molecule has 0 saturated heterocycles. The van der Waals surface area contributed by atoms with E-state index in [-0.39, 0.29) is 0 Å². The van der Waals surface area contributed by atoms with Gasteiger partial charge in [-0.25, -0.2) is 5.06 Å². The molecule has 0 fully saturated rings. The van der Waals surface area contributed by atoms with Gasteiger partial charge in [0, 0.05) is 18.7 Å². The molecule has 0 radical (unpaired) electrons. The quantitative estimate of drug-likeness (QED) is 0.504. The summed E-state index contributed by atoms with van der Waals surface area (Å²) in [7, 11) is 1.32. The van der Waals surface area contributed by atoms with E-state index < -0.39 is 5.91 Å². The molecule has 4 nitrogen and oxygen atoms in total. The average molecular weight is 243 g/mol. The van der Waals surface area contributed by atoms with Crippen LogP contribution in [-0.2, 0) is 6.54 Å². The van der Waals surface area contributed by atoms with Crippen molar-refractivity contribution in [1.82, 2.24) is 5.06 Å². The Morgan fingerprint density at radius 1 is 1.22 bits per heavy atom. The molecule has 4 heteroatoms. The molecule has 0 spiro atoms. The number of nitrogens with zero attached hydrogens (tertiary/aromatic N) is 2. The SMILES string of the molecule is CN(O)C(=O)c1ccc[n+](Cc2ccccc2)c1. The highest BCUT2D eigenvalue weighted by Gasteiger charge is 2.13. The Morgan fingerprint density at radius 3 is 2.61 bits per heavy atom. The van der Waals surface area contributed by atoms with Crippen molar-refractivity contribution >= 4 is 5.91 Å². The molecule has 92 valence electrons. The van der Waals surface area contributed by atoms with Crippen LogP contribution in [0, 0.1) is 0 Å². The zero-order valence-electron chi connectivity index (χ0n) is 10.2. The van der Waals surface area contributed by atoms with Crippen LogP contribution < -0.4 is 4.57 Å². The van der Waals surface area contributed by atoms with Crippen molar-refractivity contribution in [1.29, 1.82) is 0 Å². The first-order chi connectivity index (χ1) is 8.66. The summed E-state index contributed by atoms with van der Waals surface area (Å²) < 4.78 is 1.91. The standard InChI is InChI=1S/C14H15N2O2/c1-15(18)14(17)13-8-5-9-16(11-13)10-12-6-3-2-4-7-12/h2-9,11,18H,10H2,1H3/q+1. The Balaban J connectivity index is 2.20. The second-order valence-electron chi connectivity index (χ2n) is 4.08. The first kappa shape index (κ1) is 12.3. The lowest BCUT2D eigenvalue weighted by atomic mass is 10.2. The number of carbonyl (C=O) groups excluding carboxylic acids is 1. The van der Waals surface area contributed by atoms with E-state index in [9.17, 15) is 4.79 Å². The summed E-state index contributed by atoms with van der Waals surface area (Å²) in [5, 5.41) is 9.71. The van der Waals surface area contributed by atoms with Gasteiger partial charge in [-0.1, -0.05) is 30.3 Å². The monoisotopic (exact) mass is 243 g/mol. The number of pyridine rings is 1. The lowest BCUT2D eigenvalue weighted by molar-refractivity contribution is -0.688. The van der Waals surface area contributed by atoms with Gasteiger partial charge in [-0.3, -0.25) is 10.0 Å². The van der Waals surface area contributed by atoms with Crippen LogP contribution in [0.1, 0.15) is 15.9 Å². The summed E-state index contributed by atoms with van der Waals surface area (Å²) in [5.41, 5.74) is 1.61. The van der Waals surface area contributed by atoms with Gasteiger partial charge in [0.1, 0.15) is 5.56 Å². The smallest absolute Gasteiger partial charge is 0.283 e. The topological polar surface area (TPSA) is 44.4 Å². The van der Waals surface area contributed by atoms with E-state index in [1.54, 1.807) is 18.3 Å². The van der Waals surface area contributed by atoms with Gasteiger partial charge < -0.3 is 0 Å². The van der Waals surface area contributed by atoms with Crippen LogP contribution in [0.2, 0.25) is 0 Å². The van der Waals surface area contributed by atoms with Gasteiger partial charge in [0.2, 0.25) is 0 Å². The van der Waals surface area contributed by atoms with Crippen LogP contribution >= 0.6 is 0 Å². The van der Waals surface area contributed by atoms with Gasteiger partial charge in [-0.15, -0.1) is 0 Å². The number of rotatable bonds is 3. The fourth-order valence-corrected chi connectivity index (χ4v) is 1.73. The molecular formula is C14H15N2O2+. The summed E-state index contributed by atoms with van der Waals surface area (Å²) >= 11 is 0. The van der Waals surface area contributed by atoms with Gasteiger partial charge >= 0.3 is 0 Å². The number of hydrogen-bond acceptors (Lipinski definition) is 2. The third-order valence-electron chi connectivity index (χ3n) is 2.61. The Morgan fingerprint density at radius 2 is 1.94 bits per heavy atom. The van der Waals surface area contributed by atoms with E-state index in [4.69, 9.17) is 5.21 Å². The molecule has 0 aliphatic heterocycles. The molecule has 2 rings (SSSR count). The molecule has 1 heterocycles. The average Bonchev–Trinajstić information content (AvgIpc) is 2.39. The fraction of sp³-hybridized carbons (Fsp3) is 0.143. The van der Waals surface area contributed by atoms with Crippen molar-refractivity contribution in [2.24, 2.45) is 0 Å². The van der Waals surface area contributed by atoms with Crippen LogP contribution in [-0.4, -0.2) is 23.2 Å². The number of aromatic nitrogens is 1. The predicted octanol–water partition coefficient (Wildman–Crippen LogP) is 1.48. The highest BCUT2D eigenvalue weighted by atomic mass is 16.5. The minimum atomic E-state index is -0.419. The predicted molar refractivity (Wildman–Crippen MR) is 66.1 cm³/mol. The minimum Gasteiger partial charge on any atom is -0.286 e. The molecule has 1 aromatic carbocycles. The van der Waals surface area contributed by atoms with E-state index in [0.717, 1.165) is 5.56 Å². The number of hydrogen-bond donors (Lipinski definition) is 1. The van der Waals surface area contributed by atoms with Crippen molar-refractivity contribution in [3.8, 4) is 0 Å². The maximum Gasteiger partial charge on any atom is 0.283 e. The third-order valence-corrected chi connectivity index (χ3v) is 2.61. The Bertz CT molecular complexity index is 539. The molecule has 18 heavy (non-hydrogen) atoms. The molecular weight excluding hydrogens is 228 g/mol. The zero-order chi connectivity index (χ0) is 13.0. The van der Waals surface area contributed by atoms with Crippen LogP contribution in [0.25, 0.3) is 0 Å². The molecule has 1 aromatic heterocycles. The number of benzene rings is 1. The fourth-order valence-electron chi connectivity index (χ4n) is 1.73. The molecule has 1 amide bonds. The molecule has 0 saturated carbocycles. The molecule has 0 atom stereocenters. The number of amides is 1. The number of hydroxylamine groups is 2. The molecule has 0 unspecified atom stereocenters. The normalized spacial score (nSPS) is 10.1. The van der Waals surface area contributed by atoms with Gasteiger partial charge in [0.05, 0.1) is 0 Å². The van der Waals surface area contributed by atoms with Crippen molar-refractivity contribution in [3.05, 3.63) is 66.0 Å². The van der Waals surface area contributed by atoms with Crippen LogP contribution in [0.5, 0.6) is 0 Å². The minimum absolute atomic E-state index is 0.419. The molecule has 2 aromatic rings. The van der Waals surface area contributed by atoms with E-state index >= 15 is 0 Å². The van der Waals surface area contributed by atoms with E-state index in [2.05, 4.69) is 0 Å². The first-order valence-corrected chi connectivity index (χ1v) is 5.67. The highest BCUT2D eigenvalue weighted by molar-refractivity contribution is 5.92. The van der Waals surface area contributed by atoms with Crippen molar-refractivity contribution < 1.29 is 14.6 Å². The van der Waals surface area contributed by atoms with Crippen LogP contribution in [0.4, 0.5) is 0 Å². The summed E-state index contributed by atoms with van der Waals surface area (Å²) in [4.78, 5) is 11.6. The van der Waals surface area contributed by atoms with Gasteiger partial charge in [0.25, 0.3) is 5.91 Å². The Kier molecular flexibility index (Phi) is 3.69. The van der Waals surface area contributed by atoms with Gasteiger partial charge in [0.15, 0.2) is 18.9 Å². The Labute approximate surface area is 106 Å². The largest absolute Gasteiger partial charge is 0.286 e. The summed E-state index contributed by atoms with van der Waals surface area (Å²) in [5.74, 6) is -0.419. The summed E-state index contributed by atoms with van der Waals surface area (Å²) in [6.07, 6.45) is 3.61. The molecule has 0 aliphatic carbocycles. The zero-order valence-corrected chi connectivity index (χ0v) is 10.2. The van der Waals surface area contributed by atoms with Crippen molar-refractivity contribution in [2.45, 2.75) is 6.54 Å². The third kappa shape index (κ3) is 2.93. The molecule has 1 N–H and O–H groups in total. The van der Waals surface area contributed by atoms with Crippen molar-refractivity contribution in [3.63, 3.8) is 0 Å². The highest BCUT2D eigenvalue weighted by Crippen LogP contribution is 2.01. The van der Waals surface area contributed by atoms with E-state index in [1.165, 1.54) is 7.05 Å². The molecule has 0 aliphatic rings. The summed E-state index contributed by atoms with van der Waals surface area (Å²) in [6, 6.07) is 13.4. The molecule has 0 bridgehead atoms. The second kappa shape index (κ2) is 5.42. The lowest BCUT2D eigenvalue weighted by Gasteiger charge is -2.06.